The van der Waals surface area contributed by atoms with Gasteiger partial charge in [-0.05, 0) is 19.3 Å². The fraction of sp³-hybridized carbons (Fsp3) is 0.583. The number of rotatable bonds is 5. The summed E-state index contributed by atoms with van der Waals surface area (Å²) in [5.74, 6) is -1.28. The number of aromatic nitrogens is 1. The van der Waals surface area contributed by atoms with E-state index < -0.39 is 18.2 Å². The van der Waals surface area contributed by atoms with Crippen LogP contribution in [0.15, 0.2) is 5.38 Å². The van der Waals surface area contributed by atoms with Crippen LogP contribution in [0.1, 0.15) is 30.5 Å². The molecule has 0 aliphatic carbocycles. The second-order valence-electron chi connectivity index (χ2n) is 4.33. The van der Waals surface area contributed by atoms with Crippen LogP contribution < -0.4 is 5.32 Å². The van der Waals surface area contributed by atoms with Crippen molar-refractivity contribution >= 4 is 23.2 Å². The lowest BCUT2D eigenvalue weighted by molar-refractivity contribution is -0.151. The second kappa shape index (κ2) is 6.12. The summed E-state index contributed by atoms with van der Waals surface area (Å²) in [6, 6.07) is 0. The van der Waals surface area contributed by atoms with Crippen LogP contribution >= 0.6 is 11.3 Å². The first-order valence-corrected chi connectivity index (χ1v) is 7.07. The largest absolute Gasteiger partial charge is 0.479 e. The van der Waals surface area contributed by atoms with E-state index in [9.17, 15) is 9.59 Å². The Kier molecular flexibility index (Phi) is 4.49. The molecule has 1 aliphatic rings. The van der Waals surface area contributed by atoms with Crippen molar-refractivity contribution in [2.75, 3.05) is 0 Å². The van der Waals surface area contributed by atoms with Gasteiger partial charge in [0.05, 0.1) is 17.2 Å². The van der Waals surface area contributed by atoms with Crippen LogP contribution in [-0.2, 0) is 27.3 Å². The number of nitrogens with zero attached hydrogens (tertiary/aromatic N) is 1. The predicted octanol–water partition coefficient (Wildman–Crippen LogP) is 0.954. The SMILES string of the molecule is CCc1nc(CNC(=O)[C@@H]2CC[C@H](C(=O)O)O2)cs1. The van der Waals surface area contributed by atoms with Crippen molar-refractivity contribution in [3.05, 3.63) is 16.1 Å². The highest BCUT2D eigenvalue weighted by molar-refractivity contribution is 7.09. The molecule has 0 saturated carbocycles. The number of carboxylic acids is 1. The molecule has 1 fully saturated rings. The molecule has 104 valence electrons. The molecule has 2 atom stereocenters. The third-order valence-corrected chi connectivity index (χ3v) is 3.97. The quantitative estimate of drug-likeness (QED) is 0.840. The molecular formula is C12H16N2O4S. The Balaban J connectivity index is 1.80. The fourth-order valence-corrected chi connectivity index (χ4v) is 2.64. The molecule has 2 N–H and O–H groups in total. The number of carboxylic acid groups (broad SMARTS) is 1. The van der Waals surface area contributed by atoms with Gasteiger partial charge < -0.3 is 15.2 Å². The van der Waals surface area contributed by atoms with E-state index >= 15 is 0 Å². The monoisotopic (exact) mass is 284 g/mol. The molecule has 0 spiro atoms. The Bertz CT molecular complexity index is 474. The number of carbonyl (C=O) groups excluding carboxylic acids is 1. The molecule has 7 heteroatoms. The maximum absolute atomic E-state index is 11.8. The van der Waals surface area contributed by atoms with E-state index in [0.717, 1.165) is 17.1 Å². The van der Waals surface area contributed by atoms with Crippen LogP contribution in [0.25, 0.3) is 0 Å². The Morgan fingerprint density at radius 3 is 2.84 bits per heavy atom. The van der Waals surface area contributed by atoms with Crippen LogP contribution in [0.4, 0.5) is 0 Å². The molecule has 1 saturated heterocycles. The minimum absolute atomic E-state index is 0.269. The van der Waals surface area contributed by atoms with E-state index in [1.165, 1.54) is 0 Å². The van der Waals surface area contributed by atoms with Crippen LogP contribution in [-0.4, -0.2) is 34.2 Å². The molecule has 6 nitrogen and oxygen atoms in total. The molecular weight excluding hydrogens is 268 g/mol. The number of hydrogen-bond acceptors (Lipinski definition) is 5. The first-order valence-electron chi connectivity index (χ1n) is 6.19. The normalized spacial score (nSPS) is 22.4. The van der Waals surface area contributed by atoms with Crippen molar-refractivity contribution in [1.82, 2.24) is 10.3 Å². The van der Waals surface area contributed by atoms with Gasteiger partial charge in [-0.15, -0.1) is 11.3 Å². The number of ether oxygens (including phenoxy) is 1. The molecule has 0 aromatic carbocycles. The zero-order valence-corrected chi connectivity index (χ0v) is 11.4. The average Bonchev–Trinajstić information content (AvgIpc) is 3.04. The summed E-state index contributed by atoms with van der Waals surface area (Å²) in [4.78, 5) is 26.9. The average molecular weight is 284 g/mol. The summed E-state index contributed by atoms with van der Waals surface area (Å²) in [6.45, 7) is 2.38. The van der Waals surface area contributed by atoms with Gasteiger partial charge >= 0.3 is 5.97 Å². The van der Waals surface area contributed by atoms with E-state index in [2.05, 4.69) is 10.3 Å². The maximum atomic E-state index is 11.8. The van der Waals surface area contributed by atoms with E-state index in [4.69, 9.17) is 9.84 Å². The van der Waals surface area contributed by atoms with E-state index in [-0.39, 0.29) is 5.91 Å². The van der Waals surface area contributed by atoms with Gasteiger partial charge in [-0.3, -0.25) is 4.79 Å². The first kappa shape index (κ1) is 14.0. The summed E-state index contributed by atoms with van der Waals surface area (Å²) in [7, 11) is 0. The van der Waals surface area contributed by atoms with Crippen molar-refractivity contribution in [3.63, 3.8) is 0 Å². The summed E-state index contributed by atoms with van der Waals surface area (Å²) in [6.07, 6.45) is 0.182. The third-order valence-electron chi connectivity index (χ3n) is 2.93. The Labute approximate surface area is 114 Å². The topological polar surface area (TPSA) is 88.5 Å². The zero-order valence-electron chi connectivity index (χ0n) is 10.6. The number of carbonyl (C=O) groups is 2. The van der Waals surface area contributed by atoms with Crippen molar-refractivity contribution in [1.29, 1.82) is 0 Å². The van der Waals surface area contributed by atoms with Crippen LogP contribution in [0.5, 0.6) is 0 Å². The molecule has 2 rings (SSSR count). The molecule has 1 amide bonds. The summed E-state index contributed by atoms with van der Waals surface area (Å²) in [5.41, 5.74) is 0.822. The Morgan fingerprint density at radius 2 is 2.26 bits per heavy atom. The summed E-state index contributed by atoms with van der Waals surface area (Å²) in [5, 5.41) is 14.5. The molecule has 0 bridgehead atoms. The highest BCUT2D eigenvalue weighted by Gasteiger charge is 2.34. The number of amides is 1. The van der Waals surface area contributed by atoms with Gasteiger partial charge in [0.1, 0.15) is 6.10 Å². The number of aliphatic carboxylic acids is 1. The first-order chi connectivity index (χ1) is 9.10. The van der Waals surface area contributed by atoms with E-state index in [1.54, 1.807) is 11.3 Å². The minimum atomic E-state index is -1.01. The fourth-order valence-electron chi connectivity index (χ4n) is 1.90. The van der Waals surface area contributed by atoms with Gasteiger partial charge in [-0.25, -0.2) is 9.78 Å². The lowest BCUT2D eigenvalue weighted by Crippen LogP contribution is -2.35. The summed E-state index contributed by atoms with van der Waals surface area (Å²) < 4.78 is 5.17. The molecule has 2 heterocycles. The number of hydrogen-bond donors (Lipinski definition) is 2. The van der Waals surface area contributed by atoms with Gasteiger partial charge in [-0.1, -0.05) is 6.92 Å². The van der Waals surface area contributed by atoms with Crippen molar-refractivity contribution in [3.8, 4) is 0 Å². The molecule has 1 aromatic rings. The number of thiazole rings is 1. The van der Waals surface area contributed by atoms with Gasteiger partial charge in [0.15, 0.2) is 6.10 Å². The van der Waals surface area contributed by atoms with Crippen molar-refractivity contribution in [2.24, 2.45) is 0 Å². The van der Waals surface area contributed by atoms with Crippen molar-refractivity contribution < 1.29 is 19.4 Å². The van der Waals surface area contributed by atoms with Crippen LogP contribution in [0.3, 0.4) is 0 Å². The number of nitrogens with one attached hydrogen (secondary N) is 1. The summed E-state index contributed by atoms with van der Waals surface area (Å²) >= 11 is 1.57. The van der Waals surface area contributed by atoms with Gasteiger partial charge in [-0.2, -0.15) is 0 Å². The van der Waals surface area contributed by atoms with Gasteiger partial charge in [0, 0.05) is 5.38 Å². The van der Waals surface area contributed by atoms with E-state index in [1.807, 2.05) is 12.3 Å². The smallest absolute Gasteiger partial charge is 0.332 e. The number of aryl methyl sites for hydroxylation is 1. The van der Waals surface area contributed by atoms with Gasteiger partial charge in [0.2, 0.25) is 5.91 Å². The molecule has 0 radical (unpaired) electrons. The minimum Gasteiger partial charge on any atom is -0.479 e. The van der Waals surface area contributed by atoms with Crippen LogP contribution in [0, 0.1) is 0 Å². The van der Waals surface area contributed by atoms with Crippen molar-refractivity contribution in [2.45, 2.75) is 44.9 Å². The van der Waals surface area contributed by atoms with E-state index in [0.29, 0.717) is 19.4 Å². The highest BCUT2D eigenvalue weighted by Crippen LogP contribution is 2.20. The lowest BCUT2D eigenvalue weighted by Gasteiger charge is -2.10. The standard InChI is InChI=1S/C12H16N2O4S/c1-2-10-14-7(6-19-10)5-13-11(15)8-3-4-9(18-8)12(16)17/h6,8-9H,2-5H2,1H3,(H,13,15)(H,16,17)/t8-,9+/m0/s1. The van der Waals surface area contributed by atoms with Gasteiger partial charge in [0.25, 0.3) is 0 Å². The second-order valence-corrected chi connectivity index (χ2v) is 5.28. The van der Waals surface area contributed by atoms with Crippen LogP contribution in [0.2, 0.25) is 0 Å². The lowest BCUT2D eigenvalue weighted by atomic mass is 10.2. The molecule has 1 aromatic heterocycles. The zero-order chi connectivity index (χ0) is 13.8. The Hall–Kier alpha value is -1.47. The predicted molar refractivity (Wildman–Crippen MR) is 68.9 cm³/mol. The molecule has 0 unspecified atom stereocenters. The Morgan fingerprint density at radius 1 is 1.53 bits per heavy atom. The highest BCUT2D eigenvalue weighted by atomic mass is 32.1. The maximum Gasteiger partial charge on any atom is 0.332 e. The third kappa shape index (κ3) is 3.51. The molecule has 19 heavy (non-hydrogen) atoms. The molecule has 1 aliphatic heterocycles.